The lowest BCUT2D eigenvalue weighted by Crippen LogP contribution is -2.61. The smallest absolute Gasteiger partial charge is 0.234 e. The molecule has 3 saturated heterocycles. The molecule has 1 aromatic carbocycles. The number of aromatic nitrogens is 3. The van der Waals surface area contributed by atoms with Crippen molar-refractivity contribution in [2.75, 3.05) is 13.1 Å². The molecule has 3 aliphatic heterocycles. The van der Waals surface area contributed by atoms with Gasteiger partial charge in [-0.05, 0) is 31.0 Å². The Hall–Kier alpha value is -2.44. The Balaban J connectivity index is 1.53. The number of carbonyl (C=O) groups is 1. The fourth-order valence-corrected chi connectivity index (χ4v) is 4.51. The third-order valence-corrected chi connectivity index (χ3v) is 6.05. The first kappa shape index (κ1) is 16.7. The summed E-state index contributed by atoms with van der Waals surface area (Å²) in [6.45, 7) is 2.52. The number of hydrogen-bond acceptors (Lipinski definition) is 4. The molecule has 0 radical (unpaired) electrons. The van der Waals surface area contributed by atoms with Crippen LogP contribution >= 0.6 is 11.6 Å². The lowest BCUT2D eigenvalue weighted by molar-refractivity contribution is -0.128. The molecule has 0 spiro atoms. The minimum absolute atomic E-state index is 0.323. The van der Waals surface area contributed by atoms with Crippen molar-refractivity contribution in [2.45, 2.75) is 31.5 Å². The maximum Gasteiger partial charge on any atom is 0.234 e. The van der Waals surface area contributed by atoms with E-state index in [-0.39, 0.29) is 0 Å². The van der Waals surface area contributed by atoms with Crippen LogP contribution in [0.5, 0.6) is 0 Å². The van der Waals surface area contributed by atoms with Gasteiger partial charge in [-0.2, -0.15) is 0 Å². The van der Waals surface area contributed by atoms with Gasteiger partial charge in [0.15, 0.2) is 0 Å². The van der Waals surface area contributed by atoms with Gasteiger partial charge in [-0.1, -0.05) is 23.7 Å². The summed E-state index contributed by atoms with van der Waals surface area (Å²) in [5.41, 5.74) is 3.11. The average Bonchev–Trinajstić information content (AvgIpc) is 3.07. The van der Waals surface area contributed by atoms with E-state index in [4.69, 9.17) is 16.6 Å². The summed E-state index contributed by atoms with van der Waals surface area (Å²) in [7, 11) is 0. The van der Waals surface area contributed by atoms with Gasteiger partial charge in [0.25, 0.3) is 0 Å². The highest BCUT2D eigenvalue weighted by atomic mass is 35.5. The number of halogens is 1. The third-order valence-electron chi connectivity index (χ3n) is 5.79. The Bertz CT molecular complexity index is 986. The van der Waals surface area contributed by atoms with Crippen molar-refractivity contribution >= 4 is 23.8 Å². The molecule has 0 aliphatic carbocycles. The van der Waals surface area contributed by atoms with Crippen molar-refractivity contribution in [3.05, 3.63) is 53.4 Å². The molecule has 0 saturated carbocycles. The highest BCUT2D eigenvalue weighted by molar-refractivity contribution is 6.30. The van der Waals surface area contributed by atoms with Crippen LogP contribution in [0.2, 0.25) is 5.02 Å². The second-order valence-corrected chi connectivity index (χ2v) is 7.76. The Morgan fingerprint density at radius 1 is 1.15 bits per heavy atom. The van der Waals surface area contributed by atoms with Crippen LogP contribution in [0.3, 0.4) is 0 Å². The van der Waals surface area contributed by atoms with Gasteiger partial charge in [0, 0.05) is 54.7 Å². The van der Waals surface area contributed by atoms with Gasteiger partial charge in [0.2, 0.25) is 12.2 Å². The van der Waals surface area contributed by atoms with Crippen molar-refractivity contribution < 1.29 is 4.79 Å². The summed E-state index contributed by atoms with van der Waals surface area (Å²) in [4.78, 5) is 24.9. The van der Waals surface area contributed by atoms with E-state index in [2.05, 4.69) is 14.3 Å². The number of piperidine rings is 2. The largest absolute Gasteiger partial charge is 0.339 e. The van der Waals surface area contributed by atoms with Gasteiger partial charge in [0.05, 0.1) is 11.4 Å². The van der Waals surface area contributed by atoms with Gasteiger partial charge in [-0.25, -0.2) is 9.97 Å². The predicted octanol–water partition coefficient (Wildman–Crippen LogP) is 2.85. The molecule has 3 aromatic rings. The topological polar surface area (TPSA) is 53.7 Å². The van der Waals surface area contributed by atoms with E-state index >= 15 is 0 Å². The van der Waals surface area contributed by atoms with E-state index in [0.717, 1.165) is 55.8 Å². The highest BCUT2D eigenvalue weighted by Crippen LogP contribution is 2.32. The number of piperazine rings is 1. The van der Waals surface area contributed by atoms with Crippen LogP contribution in [0.1, 0.15) is 18.5 Å². The molecular weight excluding hydrogens is 362 g/mol. The average molecular weight is 382 g/mol. The first-order valence-electron chi connectivity index (χ1n) is 9.26. The van der Waals surface area contributed by atoms with Crippen LogP contribution in [0, 0.1) is 0 Å². The molecular formula is C20H20ClN5O. The van der Waals surface area contributed by atoms with Gasteiger partial charge >= 0.3 is 0 Å². The normalized spacial score (nSPS) is 22.5. The predicted molar refractivity (Wildman–Crippen MR) is 103 cm³/mol. The van der Waals surface area contributed by atoms with E-state index in [9.17, 15) is 4.79 Å². The molecule has 3 aliphatic rings. The molecule has 27 heavy (non-hydrogen) atoms. The van der Waals surface area contributed by atoms with E-state index in [1.165, 1.54) is 0 Å². The van der Waals surface area contributed by atoms with Crippen LogP contribution in [0.25, 0.3) is 17.0 Å². The van der Waals surface area contributed by atoms with E-state index < -0.39 is 0 Å². The number of hydrogen-bond donors (Lipinski definition) is 0. The Labute approximate surface area is 162 Å². The minimum Gasteiger partial charge on any atom is -0.339 e. The molecule has 2 bridgehead atoms. The molecule has 5 heterocycles. The van der Waals surface area contributed by atoms with Crippen LogP contribution in [0.15, 0.2) is 42.7 Å². The lowest BCUT2D eigenvalue weighted by atomic mass is 9.91. The van der Waals surface area contributed by atoms with Gasteiger partial charge < -0.3 is 4.90 Å². The number of carbonyl (C=O) groups excluding carboxylic acids is 1. The first-order chi connectivity index (χ1) is 13.2. The zero-order chi connectivity index (χ0) is 18.4. The standard InChI is InChI=1S/C20H20ClN5O/c21-15-4-2-14(3-5-15)19-18(26-9-1-8-22-20(26)23-19)12-24-10-17-7-6-16(24)11-25(17)13-27/h1-5,8-9,13,16-17H,6-7,10-12H2. The molecule has 6 nitrogen and oxygen atoms in total. The van der Waals surface area contributed by atoms with Crippen molar-refractivity contribution in [3.8, 4) is 11.3 Å². The first-order valence-corrected chi connectivity index (χ1v) is 9.63. The van der Waals surface area contributed by atoms with Gasteiger partial charge in [0.1, 0.15) is 0 Å². The molecule has 138 valence electrons. The zero-order valence-corrected chi connectivity index (χ0v) is 15.6. The summed E-state index contributed by atoms with van der Waals surface area (Å²) in [5, 5.41) is 0.712. The number of amides is 1. The number of fused-ring (bicyclic) bond motifs is 4. The van der Waals surface area contributed by atoms with E-state index in [0.29, 0.717) is 22.9 Å². The Kier molecular flexibility index (Phi) is 4.10. The number of rotatable bonds is 4. The monoisotopic (exact) mass is 381 g/mol. The van der Waals surface area contributed by atoms with Crippen molar-refractivity contribution in [2.24, 2.45) is 0 Å². The Morgan fingerprint density at radius 3 is 2.70 bits per heavy atom. The summed E-state index contributed by atoms with van der Waals surface area (Å²) in [5.74, 6) is 0.703. The van der Waals surface area contributed by atoms with Crippen molar-refractivity contribution in [1.82, 2.24) is 24.2 Å². The number of nitrogens with zero attached hydrogens (tertiary/aromatic N) is 5. The van der Waals surface area contributed by atoms with Gasteiger partial charge in [-0.3, -0.25) is 14.1 Å². The summed E-state index contributed by atoms with van der Waals surface area (Å²) < 4.78 is 2.07. The summed E-state index contributed by atoms with van der Waals surface area (Å²) >= 11 is 6.06. The van der Waals surface area contributed by atoms with Crippen molar-refractivity contribution in [3.63, 3.8) is 0 Å². The summed E-state index contributed by atoms with van der Waals surface area (Å²) in [6.07, 6.45) is 7.02. The molecule has 2 atom stereocenters. The van der Waals surface area contributed by atoms with Crippen LogP contribution in [-0.2, 0) is 11.3 Å². The van der Waals surface area contributed by atoms with E-state index in [1.807, 2.05) is 41.4 Å². The molecule has 3 fully saturated rings. The molecule has 1 amide bonds. The summed E-state index contributed by atoms with van der Waals surface area (Å²) in [6, 6.07) is 10.4. The maximum atomic E-state index is 11.3. The Morgan fingerprint density at radius 2 is 1.96 bits per heavy atom. The molecule has 2 aromatic heterocycles. The SMILES string of the molecule is O=CN1CC2CCC1CN2Cc1c(-c2ccc(Cl)cc2)nc2ncccn12. The van der Waals surface area contributed by atoms with Crippen LogP contribution in [-0.4, -0.2) is 55.8 Å². The fourth-order valence-electron chi connectivity index (χ4n) is 4.39. The van der Waals surface area contributed by atoms with E-state index in [1.54, 1.807) is 6.20 Å². The second kappa shape index (κ2) is 6.62. The second-order valence-electron chi connectivity index (χ2n) is 7.32. The molecule has 6 rings (SSSR count). The highest BCUT2D eigenvalue weighted by Gasteiger charge is 2.38. The quantitative estimate of drug-likeness (QED) is 0.652. The minimum atomic E-state index is 0.323. The van der Waals surface area contributed by atoms with Crippen LogP contribution < -0.4 is 0 Å². The maximum absolute atomic E-state index is 11.3. The number of imidazole rings is 1. The third kappa shape index (κ3) is 2.89. The molecule has 7 heteroatoms. The molecule has 2 unspecified atom stereocenters. The molecule has 0 N–H and O–H groups in total. The lowest BCUT2D eigenvalue weighted by Gasteiger charge is -2.50. The van der Waals surface area contributed by atoms with Crippen molar-refractivity contribution in [1.29, 1.82) is 0 Å². The number of benzene rings is 1. The van der Waals surface area contributed by atoms with Gasteiger partial charge in [-0.15, -0.1) is 0 Å². The fraction of sp³-hybridized carbons (Fsp3) is 0.350. The zero-order valence-electron chi connectivity index (χ0n) is 14.8. The van der Waals surface area contributed by atoms with Crippen LogP contribution in [0.4, 0.5) is 0 Å².